The van der Waals surface area contributed by atoms with E-state index in [1.54, 1.807) is 0 Å². The van der Waals surface area contributed by atoms with E-state index < -0.39 is 0 Å². The molecule has 1 aliphatic heterocycles. The highest BCUT2D eigenvalue weighted by atomic mass is 16.5. The first-order valence-corrected chi connectivity index (χ1v) is 13.0. The van der Waals surface area contributed by atoms with Gasteiger partial charge >= 0.3 is 5.97 Å². The van der Waals surface area contributed by atoms with Crippen LogP contribution in [0, 0.1) is 0 Å². The van der Waals surface area contributed by atoms with Crippen LogP contribution in [0.15, 0.2) is 79.0 Å². The SMILES string of the molecule is O=CCn1cc(C2CCC(=O)O2)c2cccc(/C=C/c3ccc(OCCCCOc4ccccc4)cc3)c21. The number of hydrogen-bond acceptors (Lipinski definition) is 5. The smallest absolute Gasteiger partial charge is 0.306 e. The van der Waals surface area contributed by atoms with Crippen molar-refractivity contribution in [2.45, 2.75) is 38.3 Å². The maximum absolute atomic E-state index is 11.7. The van der Waals surface area contributed by atoms with Crippen molar-refractivity contribution in [3.63, 3.8) is 0 Å². The molecule has 0 aliphatic carbocycles. The zero-order valence-electron chi connectivity index (χ0n) is 21.3. The van der Waals surface area contributed by atoms with Crippen LogP contribution in [0.25, 0.3) is 23.1 Å². The van der Waals surface area contributed by atoms with Crippen LogP contribution in [0.5, 0.6) is 11.5 Å². The van der Waals surface area contributed by atoms with Gasteiger partial charge in [0.1, 0.15) is 23.9 Å². The first kappa shape index (κ1) is 25.3. The summed E-state index contributed by atoms with van der Waals surface area (Å²) in [6, 6.07) is 23.9. The highest BCUT2D eigenvalue weighted by Crippen LogP contribution is 2.36. The third kappa shape index (κ3) is 6.14. The number of esters is 1. The summed E-state index contributed by atoms with van der Waals surface area (Å²) in [6.07, 6.45) is 9.60. The van der Waals surface area contributed by atoms with E-state index in [2.05, 4.69) is 6.08 Å². The Hall–Kier alpha value is -4.32. The molecule has 6 nitrogen and oxygen atoms in total. The molecule has 38 heavy (non-hydrogen) atoms. The zero-order chi connectivity index (χ0) is 26.2. The van der Waals surface area contributed by atoms with Gasteiger partial charge in [-0.1, -0.05) is 60.7 Å². The minimum absolute atomic E-state index is 0.174. The average molecular weight is 510 g/mol. The fourth-order valence-electron chi connectivity index (χ4n) is 4.74. The van der Waals surface area contributed by atoms with Crippen LogP contribution in [0.1, 0.15) is 48.5 Å². The van der Waals surface area contributed by atoms with Crippen molar-refractivity contribution in [2.75, 3.05) is 13.2 Å². The molecule has 0 N–H and O–H groups in total. The molecule has 1 fully saturated rings. The van der Waals surface area contributed by atoms with E-state index in [1.807, 2.05) is 89.6 Å². The normalized spacial score (nSPS) is 15.2. The van der Waals surface area contributed by atoms with Crippen LogP contribution in [-0.4, -0.2) is 30.0 Å². The van der Waals surface area contributed by atoms with Crippen LogP contribution < -0.4 is 9.47 Å². The first-order chi connectivity index (χ1) is 18.7. The monoisotopic (exact) mass is 509 g/mol. The highest BCUT2D eigenvalue weighted by molar-refractivity contribution is 5.94. The second kappa shape index (κ2) is 12.3. The lowest BCUT2D eigenvalue weighted by Gasteiger charge is -2.08. The Morgan fingerprint density at radius 1 is 0.868 bits per heavy atom. The summed E-state index contributed by atoms with van der Waals surface area (Å²) in [7, 11) is 0. The summed E-state index contributed by atoms with van der Waals surface area (Å²) in [6.45, 7) is 1.56. The number of aromatic nitrogens is 1. The Morgan fingerprint density at radius 3 is 2.29 bits per heavy atom. The van der Waals surface area contributed by atoms with E-state index in [9.17, 15) is 9.59 Å². The Balaban J connectivity index is 1.20. The topological polar surface area (TPSA) is 66.8 Å². The van der Waals surface area contributed by atoms with E-state index in [0.29, 0.717) is 26.1 Å². The lowest BCUT2D eigenvalue weighted by molar-refractivity contribution is -0.141. The predicted octanol–water partition coefficient (Wildman–Crippen LogP) is 6.63. The van der Waals surface area contributed by atoms with Gasteiger partial charge in [0.05, 0.1) is 25.3 Å². The second-order valence-corrected chi connectivity index (χ2v) is 9.28. The van der Waals surface area contributed by atoms with E-state index in [4.69, 9.17) is 14.2 Å². The summed E-state index contributed by atoms with van der Waals surface area (Å²) < 4.78 is 19.1. The van der Waals surface area contributed by atoms with Crippen molar-refractivity contribution in [3.8, 4) is 11.5 Å². The lowest BCUT2D eigenvalue weighted by atomic mass is 10.0. The fraction of sp³-hybridized carbons (Fsp3) is 0.250. The van der Waals surface area contributed by atoms with E-state index in [1.165, 1.54) is 0 Å². The van der Waals surface area contributed by atoms with E-state index in [-0.39, 0.29) is 18.6 Å². The molecular weight excluding hydrogens is 478 g/mol. The molecule has 5 rings (SSSR count). The number of ether oxygens (including phenoxy) is 3. The standard InChI is InChI=1S/C32H31NO5/c34-20-19-33-23-29(30-17-18-31(35)38-30)28-10-6-7-25(32(28)33)14-11-24-12-15-27(16-13-24)37-22-5-4-21-36-26-8-2-1-3-9-26/h1-3,6-16,20,23,30H,4-5,17-19,21-22H2/b14-11+. The first-order valence-electron chi connectivity index (χ1n) is 13.0. The molecule has 0 radical (unpaired) electrons. The third-order valence-electron chi connectivity index (χ3n) is 6.62. The molecule has 0 saturated carbocycles. The van der Waals surface area contributed by atoms with Crippen molar-refractivity contribution >= 4 is 35.3 Å². The Morgan fingerprint density at radius 2 is 1.61 bits per heavy atom. The van der Waals surface area contributed by atoms with Gasteiger partial charge in [0.25, 0.3) is 0 Å². The second-order valence-electron chi connectivity index (χ2n) is 9.28. The van der Waals surface area contributed by atoms with E-state index in [0.717, 1.165) is 58.2 Å². The number of nitrogens with zero attached hydrogens (tertiary/aromatic N) is 1. The van der Waals surface area contributed by atoms with E-state index >= 15 is 0 Å². The van der Waals surface area contributed by atoms with Crippen molar-refractivity contribution in [1.82, 2.24) is 4.57 Å². The van der Waals surface area contributed by atoms with Gasteiger partial charge in [-0.3, -0.25) is 4.79 Å². The molecule has 6 heteroatoms. The van der Waals surface area contributed by atoms with Crippen LogP contribution >= 0.6 is 0 Å². The van der Waals surface area contributed by atoms with Gasteiger partial charge < -0.3 is 23.6 Å². The van der Waals surface area contributed by atoms with Gasteiger partial charge in [-0.2, -0.15) is 0 Å². The number of para-hydroxylation sites is 2. The quantitative estimate of drug-likeness (QED) is 0.0928. The minimum atomic E-state index is -0.263. The Kier molecular flexibility index (Phi) is 8.19. The molecule has 2 heterocycles. The lowest BCUT2D eigenvalue weighted by Crippen LogP contribution is -2.02. The van der Waals surface area contributed by atoms with Crippen molar-refractivity contribution < 1.29 is 23.8 Å². The van der Waals surface area contributed by atoms with Gasteiger partial charge in [0, 0.05) is 23.6 Å². The highest BCUT2D eigenvalue weighted by Gasteiger charge is 2.28. The Bertz CT molecular complexity index is 1410. The number of fused-ring (bicyclic) bond motifs is 1. The number of rotatable bonds is 12. The number of unbranched alkanes of at least 4 members (excludes halogenated alkanes) is 1. The van der Waals surface area contributed by atoms with Gasteiger partial charge in [0.2, 0.25) is 0 Å². The molecule has 0 bridgehead atoms. The van der Waals surface area contributed by atoms with Gasteiger partial charge in [0.15, 0.2) is 0 Å². The maximum Gasteiger partial charge on any atom is 0.306 e. The van der Waals surface area contributed by atoms with Crippen molar-refractivity contribution in [2.24, 2.45) is 0 Å². The zero-order valence-corrected chi connectivity index (χ0v) is 21.3. The number of aldehydes is 1. The number of hydrogen-bond donors (Lipinski definition) is 0. The molecule has 0 amide bonds. The molecule has 1 aromatic heterocycles. The van der Waals surface area contributed by atoms with Crippen LogP contribution in [0.4, 0.5) is 0 Å². The Labute approximate surface area is 222 Å². The number of benzene rings is 3. The molecule has 1 atom stereocenters. The number of carbonyl (C=O) groups excluding carboxylic acids is 2. The van der Waals surface area contributed by atoms with Crippen LogP contribution in [0.2, 0.25) is 0 Å². The maximum atomic E-state index is 11.7. The van der Waals surface area contributed by atoms with Crippen LogP contribution in [-0.2, 0) is 20.9 Å². The van der Waals surface area contributed by atoms with Gasteiger partial charge in [-0.25, -0.2) is 0 Å². The third-order valence-corrected chi connectivity index (χ3v) is 6.62. The van der Waals surface area contributed by atoms with Crippen molar-refractivity contribution in [1.29, 1.82) is 0 Å². The molecule has 0 spiro atoms. The largest absolute Gasteiger partial charge is 0.494 e. The summed E-state index contributed by atoms with van der Waals surface area (Å²) in [5, 5.41) is 1.01. The predicted molar refractivity (Wildman–Crippen MR) is 148 cm³/mol. The molecular formula is C32H31NO5. The molecule has 1 aliphatic rings. The minimum Gasteiger partial charge on any atom is -0.494 e. The number of carbonyl (C=O) groups is 2. The molecule has 4 aromatic rings. The molecule has 3 aromatic carbocycles. The van der Waals surface area contributed by atoms with Gasteiger partial charge in [-0.15, -0.1) is 0 Å². The summed E-state index contributed by atoms with van der Waals surface area (Å²) in [5.41, 5.74) is 3.96. The number of cyclic esters (lactones) is 1. The van der Waals surface area contributed by atoms with Crippen molar-refractivity contribution in [3.05, 3.63) is 95.7 Å². The average Bonchev–Trinajstić information content (AvgIpc) is 3.54. The summed E-state index contributed by atoms with van der Waals surface area (Å²) in [5.74, 6) is 1.56. The summed E-state index contributed by atoms with van der Waals surface area (Å²) in [4.78, 5) is 23.1. The molecule has 1 saturated heterocycles. The molecule has 194 valence electrons. The molecule has 1 unspecified atom stereocenters. The summed E-state index contributed by atoms with van der Waals surface area (Å²) >= 11 is 0. The fourth-order valence-corrected chi connectivity index (χ4v) is 4.74. The van der Waals surface area contributed by atoms with Crippen LogP contribution in [0.3, 0.4) is 0 Å². The van der Waals surface area contributed by atoms with Gasteiger partial charge in [-0.05, 0) is 54.7 Å².